The molecule has 1 aliphatic rings. The van der Waals surface area contributed by atoms with Crippen molar-refractivity contribution < 1.29 is 51.9 Å². The molecule has 0 spiro atoms. The Hall–Kier alpha value is -3.37. The van der Waals surface area contributed by atoms with Crippen LogP contribution in [0.1, 0.15) is 0 Å². The van der Waals surface area contributed by atoms with Gasteiger partial charge in [0.05, 0.1) is 0 Å². The summed E-state index contributed by atoms with van der Waals surface area (Å²) >= 11 is 0. The quantitative estimate of drug-likeness (QED) is 0.195. The lowest BCUT2D eigenvalue weighted by Gasteiger charge is -2.43. The van der Waals surface area contributed by atoms with Gasteiger partial charge in [-0.2, -0.15) is 0 Å². The lowest BCUT2D eigenvalue weighted by Crippen LogP contribution is -2.78. The topological polar surface area (TPSA) is 111 Å². The van der Waals surface area contributed by atoms with Crippen LogP contribution in [0, 0.1) is 0 Å². The summed E-state index contributed by atoms with van der Waals surface area (Å²) in [7, 11) is -12.5. The predicted octanol–water partition coefficient (Wildman–Crippen LogP) is 4.71. The Kier molecular flexibility index (Phi) is 10.3. The Labute approximate surface area is 260 Å². The largest absolute Gasteiger partial charge is 0.809 e. The monoisotopic (exact) mass is 672 g/mol. The predicted molar refractivity (Wildman–Crippen MR) is 164 cm³/mol. The molecule has 0 bridgehead atoms. The van der Waals surface area contributed by atoms with Gasteiger partial charge in [0.15, 0.2) is 0 Å². The molecule has 4 aromatic carbocycles. The molecule has 0 radical (unpaired) electrons. The van der Waals surface area contributed by atoms with E-state index >= 15 is 0 Å². The van der Waals surface area contributed by atoms with Crippen molar-refractivity contribution in [3.63, 3.8) is 0 Å². The zero-order valence-corrected chi connectivity index (χ0v) is 28.4. The Bertz CT molecular complexity index is 1220. The van der Waals surface area contributed by atoms with Gasteiger partial charge in [0, 0.05) is 28.4 Å². The van der Waals surface area contributed by atoms with E-state index < -0.39 is 36.2 Å². The van der Waals surface area contributed by atoms with Gasteiger partial charge in [-0.25, -0.2) is 0 Å². The second kappa shape index (κ2) is 14.2. The summed E-state index contributed by atoms with van der Waals surface area (Å²) in [6.07, 6.45) is 0. The summed E-state index contributed by atoms with van der Waals surface area (Å²) < 4.78 is 75.3. The minimum atomic E-state index is -4.56. The highest BCUT2D eigenvalue weighted by molar-refractivity contribution is 6.83. The molecule has 12 nitrogen and oxygen atoms in total. The van der Waals surface area contributed by atoms with Crippen LogP contribution >= 0.6 is 0 Å². The number of hydrogen-bond acceptors (Lipinski definition) is 12. The van der Waals surface area contributed by atoms with Gasteiger partial charge < -0.3 is 51.9 Å². The molecule has 4 aromatic rings. The first kappa shape index (κ1) is 32.0. The third kappa shape index (κ3) is 7.64. The Balaban J connectivity index is 1.68. The summed E-state index contributed by atoms with van der Waals surface area (Å²) in [5, 5.41) is 0. The molecule has 1 aliphatic heterocycles. The zero-order valence-electron chi connectivity index (χ0n) is 24.4. The highest BCUT2D eigenvalue weighted by Crippen LogP contribution is 2.36. The fraction of sp³-hybridized carbons (Fsp3) is 0.143. The van der Waals surface area contributed by atoms with Crippen LogP contribution in [-0.4, -0.2) is 64.6 Å². The minimum Gasteiger partial charge on any atom is -0.472 e. The molecular weight excluding hydrogens is 641 g/mol. The van der Waals surface area contributed by atoms with Crippen molar-refractivity contribution in [1.29, 1.82) is 0 Å². The molecule has 0 N–H and O–H groups in total. The number of benzene rings is 4. The summed E-state index contributed by atoms with van der Waals surface area (Å²) in [5.74, 6) is 1.41. The number of rotatable bonds is 12. The van der Waals surface area contributed by atoms with E-state index in [1.807, 2.05) is 24.3 Å². The Morgan fingerprint density at radius 1 is 0.318 bits per heavy atom. The smallest absolute Gasteiger partial charge is 0.472 e. The molecule has 232 valence electrons. The number of hydrogen-bond donors (Lipinski definition) is 0. The van der Waals surface area contributed by atoms with Gasteiger partial charge >= 0.3 is 36.2 Å². The Morgan fingerprint density at radius 3 is 0.705 bits per heavy atom. The van der Waals surface area contributed by atoms with E-state index in [0.717, 1.165) is 0 Å². The van der Waals surface area contributed by atoms with Crippen molar-refractivity contribution in [1.82, 2.24) is 0 Å². The van der Waals surface area contributed by atoms with E-state index in [9.17, 15) is 0 Å². The highest BCUT2D eigenvalue weighted by Gasteiger charge is 2.78. The molecule has 1 saturated heterocycles. The lowest BCUT2D eigenvalue weighted by molar-refractivity contribution is -0.0567. The molecule has 0 unspecified atom stereocenters. The van der Waals surface area contributed by atoms with Crippen molar-refractivity contribution in [2.45, 2.75) is 0 Å². The van der Waals surface area contributed by atoms with E-state index in [1.54, 1.807) is 97.1 Å². The van der Waals surface area contributed by atoms with Gasteiger partial charge in [0.25, 0.3) is 0 Å². The minimum absolute atomic E-state index is 0.352. The van der Waals surface area contributed by atoms with Crippen LogP contribution in [0.2, 0.25) is 0 Å². The normalized spacial score (nSPS) is 18.3. The molecule has 0 aromatic heterocycles. The lowest BCUT2D eigenvalue weighted by atomic mass is 10.3. The average Bonchev–Trinajstić information content (AvgIpc) is 3.05. The SMILES string of the molecule is CO[Si]1(OC)O[Si](Oc2ccccc2)(Oc2ccccc2)O[Si](OC)(OC)O[Si](Oc2ccccc2)(Oc2ccccc2)O1. The maximum absolute atomic E-state index is 6.58. The zero-order chi connectivity index (χ0) is 30.9. The summed E-state index contributed by atoms with van der Waals surface area (Å²) in [6.45, 7) is 0. The van der Waals surface area contributed by atoms with Gasteiger partial charge in [0.1, 0.15) is 23.0 Å². The molecule has 0 amide bonds. The van der Waals surface area contributed by atoms with Gasteiger partial charge in [-0.15, -0.1) is 0 Å². The molecule has 1 fully saturated rings. The van der Waals surface area contributed by atoms with Gasteiger partial charge in [0.2, 0.25) is 0 Å². The summed E-state index contributed by atoms with van der Waals surface area (Å²) in [4.78, 5) is 0. The summed E-state index contributed by atoms with van der Waals surface area (Å²) in [5.41, 5.74) is 0. The van der Waals surface area contributed by atoms with E-state index in [-0.39, 0.29) is 0 Å². The highest BCUT2D eigenvalue weighted by atomic mass is 28.6. The van der Waals surface area contributed by atoms with Crippen LogP contribution in [0.3, 0.4) is 0 Å². The van der Waals surface area contributed by atoms with Crippen LogP contribution in [-0.2, 0) is 34.2 Å². The molecule has 44 heavy (non-hydrogen) atoms. The molecule has 0 atom stereocenters. The van der Waals surface area contributed by atoms with Crippen LogP contribution in [0.4, 0.5) is 0 Å². The van der Waals surface area contributed by atoms with E-state index in [1.165, 1.54) is 28.4 Å². The van der Waals surface area contributed by atoms with Crippen LogP contribution in [0.25, 0.3) is 0 Å². The third-order valence-electron chi connectivity index (χ3n) is 5.94. The van der Waals surface area contributed by atoms with Crippen LogP contribution in [0.15, 0.2) is 121 Å². The maximum atomic E-state index is 6.58. The standard InChI is InChI=1S/C28H32O12Si4/c1-29-41(30-2)37-43(33-25-17-9-5-10-18-25,34-26-19-11-6-12-20-26)39-42(31-3,32-4)40-44(38-41,35-27-21-13-7-14-22-27)36-28-23-15-8-16-24-28/h5-24H,1-4H3. The van der Waals surface area contributed by atoms with Crippen molar-refractivity contribution in [2.75, 3.05) is 28.4 Å². The number of para-hydroxylation sites is 4. The van der Waals surface area contributed by atoms with Crippen molar-refractivity contribution in [2.24, 2.45) is 0 Å². The van der Waals surface area contributed by atoms with Gasteiger partial charge in [-0.05, 0) is 48.5 Å². The molecule has 0 saturated carbocycles. The molecule has 0 aliphatic carbocycles. The van der Waals surface area contributed by atoms with Crippen LogP contribution < -0.4 is 17.7 Å². The Morgan fingerprint density at radius 2 is 0.523 bits per heavy atom. The van der Waals surface area contributed by atoms with E-state index in [0.29, 0.717) is 23.0 Å². The fourth-order valence-electron chi connectivity index (χ4n) is 3.94. The first-order valence-electron chi connectivity index (χ1n) is 13.4. The molecule has 1 heterocycles. The van der Waals surface area contributed by atoms with Crippen molar-refractivity contribution >= 4 is 36.2 Å². The maximum Gasteiger partial charge on any atom is 0.809 e. The van der Waals surface area contributed by atoms with Crippen molar-refractivity contribution in [3.05, 3.63) is 121 Å². The molecule has 16 heteroatoms. The summed E-state index contributed by atoms with van der Waals surface area (Å²) in [6, 6.07) is 35.2. The second-order valence-corrected chi connectivity index (χ2v) is 18.6. The van der Waals surface area contributed by atoms with E-state index in [2.05, 4.69) is 0 Å². The average molecular weight is 673 g/mol. The molecular formula is C28H32O12Si4. The van der Waals surface area contributed by atoms with Crippen LogP contribution in [0.5, 0.6) is 23.0 Å². The first-order chi connectivity index (χ1) is 21.4. The third-order valence-corrected chi connectivity index (χ3v) is 17.9. The van der Waals surface area contributed by atoms with Crippen molar-refractivity contribution in [3.8, 4) is 23.0 Å². The second-order valence-electron chi connectivity index (χ2n) is 8.89. The van der Waals surface area contributed by atoms with E-state index in [4.69, 9.17) is 51.9 Å². The van der Waals surface area contributed by atoms with Gasteiger partial charge in [-0.1, -0.05) is 72.8 Å². The van der Waals surface area contributed by atoms with Gasteiger partial charge in [-0.3, -0.25) is 0 Å². The molecule has 5 rings (SSSR count). The first-order valence-corrected chi connectivity index (χ1v) is 19.9. The fourth-order valence-corrected chi connectivity index (χ4v) is 17.1.